The fourth-order valence-corrected chi connectivity index (χ4v) is 3.33. The Kier molecular flexibility index (Phi) is 4.39. The third-order valence-corrected chi connectivity index (χ3v) is 4.73. The maximum atomic E-state index is 11.2. The molecule has 1 aliphatic heterocycles. The third-order valence-electron chi connectivity index (χ3n) is 4.73. The molecule has 0 amide bonds. The summed E-state index contributed by atoms with van der Waals surface area (Å²) in [5.41, 5.74) is 3.67. The summed E-state index contributed by atoms with van der Waals surface area (Å²) in [6.45, 7) is 2.29. The first kappa shape index (κ1) is 15.0. The van der Waals surface area contributed by atoms with E-state index in [9.17, 15) is 9.59 Å². The van der Waals surface area contributed by atoms with Gasteiger partial charge in [-0.3, -0.25) is 9.59 Å². The van der Waals surface area contributed by atoms with Gasteiger partial charge in [0.25, 0.3) is 0 Å². The van der Waals surface area contributed by atoms with Crippen molar-refractivity contribution in [3.63, 3.8) is 0 Å². The minimum absolute atomic E-state index is 0.295. The van der Waals surface area contributed by atoms with Crippen LogP contribution in [0.15, 0.2) is 24.4 Å². The number of likely N-dealkylation sites (tertiary alicyclic amines) is 1. The van der Waals surface area contributed by atoms with E-state index in [0.717, 1.165) is 24.2 Å². The molecule has 1 N–H and O–H groups in total. The molecule has 22 heavy (non-hydrogen) atoms. The van der Waals surface area contributed by atoms with Gasteiger partial charge in [0.05, 0.1) is 0 Å². The number of aldehydes is 1. The molecule has 1 aromatic heterocycles. The highest BCUT2D eigenvalue weighted by Gasteiger charge is 2.21. The summed E-state index contributed by atoms with van der Waals surface area (Å²) in [4.78, 5) is 27.3. The summed E-state index contributed by atoms with van der Waals surface area (Å²) in [6, 6.07) is 6.29. The third kappa shape index (κ3) is 3.12. The fraction of sp³-hybridized carbons (Fsp3) is 0.444. The van der Waals surface area contributed by atoms with Crippen LogP contribution < -0.4 is 0 Å². The SMILES string of the molecule is CN1CCC(c2c[nH]c3ccc(CCC(=O)C=O)cc23)CC1. The number of fused-ring (bicyclic) bond motifs is 1. The zero-order valence-electron chi connectivity index (χ0n) is 13.0. The first-order valence-corrected chi connectivity index (χ1v) is 7.94. The molecule has 0 spiro atoms. The molecular weight excluding hydrogens is 276 g/mol. The Hall–Kier alpha value is -1.94. The van der Waals surface area contributed by atoms with Crippen molar-refractivity contribution in [3.8, 4) is 0 Å². The highest BCUT2D eigenvalue weighted by molar-refractivity contribution is 6.24. The number of piperidine rings is 1. The normalized spacial score (nSPS) is 17.0. The van der Waals surface area contributed by atoms with Crippen molar-refractivity contribution in [1.29, 1.82) is 0 Å². The van der Waals surface area contributed by atoms with Crippen LogP contribution in [-0.4, -0.2) is 42.1 Å². The van der Waals surface area contributed by atoms with Crippen molar-refractivity contribution < 1.29 is 9.59 Å². The van der Waals surface area contributed by atoms with E-state index < -0.39 is 0 Å². The highest BCUT2D eigenvalue weighted by atomic mass is 16.2. The summed E-state index contributed by atoms with van der Waals surface area (Å²) in [5.74, 6) is 0.279. The summed E-state index contributed by atoms with van der Waals surface area (Å²) in [7, 11) is 2.17. The second kappa shape index (κ2) is 6.44. The summed E-state index contributed by atoms with van der Waals surface area (Å²) in [5, 5.41) is 1.27. The molecule has 0 aliphatic carbocycles. The molecule has 1 fully saturated rings. The van der Waals surface area contributed by atoms with Crippen molar-refractivity contribution in [2.75, 3.05) is 20.1 Å². The fourth-order valence-electron chi connectivity index (χ4n) is 3.33. The van der Waals surface area contributed by atoms with Gasteiger partial charge in [-0.2, -0.15) is 0 Å². The van der Waals surface area contributed by atoms with Gasteiger partial charge in [-0.05, 0) is 68.6 Å². The zero-order chi connectivity index (χ0) is 15.5. The molecule has 1 aromatic carbocycles. The Balaban J connectivity index is 1.82. The number of rotatable bonds is 5. The molecule has 1 aliphatic rings. The van der Waals surface area contributed by atoms with Crippen LogP contribution in [-0.2, 0) is 16.0 Å². The number of aryl methyl sites for hydroxylation is 1. The molecule has 3 rings (SSSR count). The van der Waals surface area contributed by atoms with E-state index in [1.165, 1.54) is 23.8 Å². The number of nitrogens with zero attached hydrogens (tertiary/aromatic N) is 1. The Labute approximate surface area is 130 Å². The standard InChI is InChI=1S/C18H22N2O2/c1-20-8-6-14(7-9-20)17-11-19-18-5-3-13(10-16(17)18)2-4-15(22)12-21/h3,5,10-12,14,19H,2,4,6-9H2,1H3. The average Bonchev–Trinajstić information content (AvgIpc) is 2.96. The van der Waals surface area contributed by atoms with Crippen LogP contribution >= 0.6 is 0 Å². The molecule has 0 saturated carbocycles. The van der Waals surface area contributed by atoms with E-state index >= 15 is 0 Å². The molecule has 0 atom stereocenters. The van der Waals surface area contributed by atoms with Crippen LogP contribution in [0.2, 0.25) is 0 Å². The van der Waals surface area contributed by atoms with Gasteiger partial charge in [0, 0.05) is 23.5 Å². The second-order valence-electron chi connectivity index (χ2n) is 6.29. The molecule has 0 radical (unpaired) electrons. The van der Waals surface area contributed by atoms with Gasteiger partial charge in [-0.15, -0.1) is 0 Å². The van der Waals surface area contributed by atoms with E-state index in [1.807, 2.05) is 6.07 Å². The van der Waals surface area contributed by atoms with Gasteiger partial charge >= 0.3 is 0 Å². The molecule has 2 aromatic rings. The van der Waals surface area contributed by atoms with Crippen molar-refractivity contribution in [2.45, 2.75) is 31.6 Å². The molecule has 116 valence electrons. The Morgan fingerprint density at radius 2 is 2.14 bits per heavy atom. The number of carbonyl (C=O) groups is 2. The summed E-state index contributed by atoms with van der Waals surface area (Å²) >= 11 is 0. The van der Waals surface area contributed by atoms with Crippen molar-refractivity contribution >= 4 is 23.0 Å². The van der Waals surface area contributed by atoms with E-state index in [2.05, 4.69) is 35.3 Å². The number of nitrogens with one attached hydrogen (secondary N) is 1. The highest BCUT2D eigenvalue weighted by Crippen LogP contribution is 2.33. The first-order chi connectivity index (χ1) is 10.7. The predicted octanol–water partition coefficient (Wildman–Crippen LogP) is 2.68. The molecule has 2 heterocycles. The maximum Gasteiger partial charge on any atom is 0.195 e. The van der Waals surface area contributed by atoms with Crippen molar-refractivity contribution in [3.05, 3.63) is 35.5 Å². The topological polar surface area (TPSA) is 53.2 Å². The van der Waals surface area contributed by atoms with Crippen molar-refractivity contribution in [2.24, 2.45) is 0 Å². The lowest BCUT2D eigenvalue weighted by Gasteiger charge is -2.28. The van der Waals surface area contributed by atoms with Crippen LogP contribution in [0.4, 0.5) is 0 Å². The van der Waals surface area contributed by atoms with Crippen LogP contribution in [0.3, 0.4) is 0 Å². The average molecular weight is 298 g/mol. The van der Waals surface area contributed by atoms with E-state index in [0.29, 0.717) is 25.0 Å². The number of ketones is 1. The van der Waals surface area contributed by atoms with E-state index in [-0.39, 0.29) is 5.78 Å². The molecule has 1 saturated heterocycles. The zero-order valence-corrected chi connectivity index (χ0v) is 13.0. The van der Waals surface area contributed by atoms with Crippen molar-refractivity contribution in [1.82, 2.24) is 9.88 Å². The van der Waals surface area contributed by atoms with E-state index in [4.69, 9.17) is 0 Å². The molecular formula is C18H22N2O2. The van der Waals surface area contributed by atoms with Gasteiger partial charge in [0.15, 0.2) is 12.1 Å². The smallest absolute Gasteiger partial charge is 0.195 e. The van der Waals surface area contributed by atoms with Gasteiger partial charge in [-0.1, -0.05) is 6.07 Å². The predicted molar refractivity (Wildman–Crippen MR) is 87.2 cm³/mol. The minimum Gasteiger partial charge on any atom is -0.361 e. The van der Waals surface area contributed by atoms with Gasteiger partial charge < -0.3 is 9.88 Å². The number of hydrogen-bond donors (Lipinski definition) is 1. The largest absolute Gasteiger partial charge is 0.361 e. The van der Waals surface area contributed by atoms with Crippen LogP contribution in [0.1, 0.15) is 36.3 Å². The summed E-state index contributed by atoms with van der Waals surface area (Å²) < 4.78 is 0. The number of aromatic nitrogens is 1. The Bertz CT molecular complexity index is 681. The van der Waals surface area contributed by atoms with Crippen LogP contribution in [0.25, 0.3) is 10.9 Å². The lowest BCUT2D eigenvalue weighted by Crippen LogP contribution is -2.29. The molecule has 0 unspecified atom stereocenters. The second-order valence-corrected chi connectivity index (χ2v) is 6.29. The number of Topliss-reactive ketones (excluding diaryl/α,β-unsaturated/α-hetero) is 1. The number of carbonyl (C=O) groups excluding carboxylic acids is 2. The molecule has 4 nitrogen and oxygen atoms in total. The van der Waals surface area contributed by atoms with E-state index in [1.54, 1.807) is 0 Å². The number of hydrogen-bond acceptors (Lipinski definition) is 3. The first-order valence-electron chi connectivity index (χ1n) is 7.94. The Morgan fingerprint density at radius 3 is 2.86 bits per heavy atom. The van der Waals surface area contributed by atoms with Gasteiger partial charge in [0.2, 0.25) is 0 Å². The molecule has 4 heteroatoms. The monoisotopic (exact) mass is 298 g/mol. The quantitative estimate of drug-likeness (QED) is 0.682. The maximum absolute atomic E-state index is 11.2. The minimum atomic E-state index is -0.329. The van der Waals surface area contributed by atoms with Crippen LogP contribution in [0.5, 0.6) is 0 Å². The lowest BCUT2D eigenvalue weighted by molar-refractivity contribution is -0.129. The number of aromatic amines is 1. The van der Waals surface area contributed by atoms with Gasteiger partial charge in [-0.25, -0.2) is 0 Å². The summed E-state index contributed by atoms with van der Waals surface area (Å²) in [6.07, 6.45) is 5.86. The Morgan fingerprint density at radius 1 is 1.36 bits per heavy atom. The molecule has 0 bridgehead atoms. The van der Waals surface area contributed by atoms with Crippen LogP contribution in [0, 0.1) is 0 Å². The number of H-pyrrole nitrogens is 1. The lowest BCUT2D eigenvalue weighted by atomic mass is 9.89. The van der Waals surface area contributed by atoms with Gasteiger partial charge in [0.1, 0.15) is 0 Å². The number of benzene rings is 1.